The minimum atomic E-state index is 0.284. The van der Waals surface area contributed by atoms with Gasteiger partial charge in [0.1, 0.15) is 0 Å². The van der Waals surface area contributed by atoms with Gasteiger partial charge < -0.3 is 10.5 Å². The van der Waals surface area contributed by atoms with Crippen LogP contribution >= 0.6 is 0 Å². The molecule has 0 aromatic rings. The fourth-order valence-corrected chi connectivity index (χ4v) is 3.41. The summed E-state index contributed by atoms with van der Waals surface area (Å²) in [6.07, 6.45) is 9.77. The molecule has 4 atom stereocenters. The summed E-state index contributed by atoms with van der Waals surface area (Å²) in [7, 11) is 1.84. The van der Waals surface area contributed by atoms with Crippen LogP contribution in [0.1, 0.15) is 51.9 Å². The summed E-state index contributed by atoms with van der Waals surface area (Å²) in [4.78, 5) is 0. The lowest BCUT2D eigenvalue weighted by Crippen LogP contribution is -2.45. The number of hydrogen-bond acceptors (Lipinski definition) is 2. The van der Waals surface area contributed by atoms with E-state index in [2.05, 4.69) is 6.92 Å². The van der Waals surface area contributed by atoms with E-state index in [9.17, 15) is 0 Å². The van der Waals surface area contributed by atoms with E-state index >= 15 is 0 Å². The fraction of sp³-hybridized carbons (Fsp3) is 1.00. The maximum absolute atomic E-state index is 6.44. The van der Waals surface area contributed by atoms with E-state index in [0.717, 1.165) is 11.8 Å². The van der Waals surface area contributed by atoms with Crippen molar-refractivity contribution in [3.05, 3.63) is 0 Å². The van der Waals surface area contributed by atoms with E-state index in [1.54, 1.807) is 0 Å². The maximum atomic E-state index is 6.44. The molecular weight excluding hydrogens is 198 g/mol. The number of rotatable bonds is 5. The van der Waals surface area contributed by atoms with Gasteiger partial charge in [0.2, 0.25) is 0 Å². The van der Waals surface area contributed by atoms with Gasteiger partial charge in [0.25, 0.3) is 0 Å². The van der Waals surface area contributed by atoms with Crippen molar-refractivity contribution in [1.29, 1.82) is 0 Å². The number of methoxy groups -OCH3 is 1. The molecule has 94 valence electrons. The van der Waals surface area contributed by atoms with Gasteiger partial charge in [-0.25, -0.2) is 0 Å². The Morgan fingerprint density at radius 2 is 1.94 bits per heavy atom. The predicted octanol–water partition coefficient (Wildman–Crippen LogP) is 2.96. The van der Waals surface area contributed by atoms with Crippen molar-refractivity contribution in [2.75, 3.05) is 7.11 Å². The molecule has 4 unspecified atom stereocenters. The molecule has 0 spiro atoms. The SMILES string of the molecule is CCC1CCCC(C(N)C(OC)C2CC2)C1. The predicted molar refractivity (Wildman–Crippen MR) is 67.2 cm³/mol. The van der Waals surface area contributed by atoms with Crippen molar-refractivity contribution in [2.24, 2.45) is 23.5 Å². The lowest BCUT2D eigenvalue weighted by Gasteiger charge is -2.36. The van der Waals surface area contributed by atoms with Crippen molar-refractivity contribution in [3.63, 3.8) is 0 Å². The average Bonchev–Trinajstić information content (AvgIpc) is 3.14. The van der Waals surface area contributed by atoms with Gasteiger partial charge in [-0.15, -0.1) is 0 Å². The second-order valence-electron chi connectivity index (χ2n) is 5.82. The van der Waals surface area contributed by atoms with Gasteiger partial charge in [-0.1, -0.05) is 26.2 Å². The summed E-state index contributed by atoms with van der Waals surface area (Å²) in [5, 5.41) is 0. The summed E-state index contributed by atoms with van der Waals surface area (Å²) in [5.74, 6) is 2.40. The molecule has 2 heteroatoms. The molecule has 0 aromatic carbocycles. The quantitative estimate of drug-likeness (QED) is 0.780. The Morgan fingerprint density at radius 1 is 1.19 bits per heavy atom. The van der Waals surface area contributed by atoms with Gasteiger partial charge in [-0.3, -0.25) is 0 Å². The first-order valence-corrected chi connectivity index (χ1v) is 7.04. The molecule has 2 aliphatic rings. The van der Waals surface area contributed by atoms with Crippen LogP contribution in [-0.4, -0.2) is 19.3 Å². The van der Waals surface area contributed by atoms with Crippen LogP contribution < -0.4 is 5.73 Å². The molecule has 0 aromatic heterocycles. The standard InChI is InChI=1S/C14H27NO/c1-3-10-5-4-6-12(9-10)13(15)14(16-2)11-7-8-11/h10-14H,3-9,15H2,1-2H3. The van der Waals surface area contributed by atoms with Crippen LogP contribution in [0.15, 0.2) is 0 Å². The van der Waals surface area contributed by atoms with Crippen LogP contribution in [0.4, 0.5) is 0 Å². The molecule has 0 radical (unpaired) electrons. The highest BCUT2D eigenvalue weighted by Crippen LogP contribution is 2.40. The topological polar surface area (TPSA) is 35.2 Å². The number of nitrogens with two attached hydrogens (primary N) is 1. The molecule has 2 N–H and O–H groups in total. The second-order valence-corrected chi connectivity index (χ2v) is 5.82. The molecule has 2 aliphatic carbocycles. The monoisotopic (exact) mass is 225 g/mol. The lowest BCUT2D eigenvalue weighted by atomic mass is 9.75. The van der Waals surface area contributed by atoms with E-state index < -0.39 is 0 Å². The molecule has 2 fully saturated rings. The van der Waals surface area contributed by atoms with E-state index in [4.69, 9.17) is 10.5 Å². The largest absolute Gasteiger partial charge is 0.380 e. The van der Waals surface area contributed by atoms with Gasteiger partial charge in [0.05, 0.1) is 6.10 Å². The first-order chi connectivity index (χ1) is 7.76. The van der Waals surface area contributed by atoms with Crippen molar-refractivity contribution >= 4 is 0 Å². The van der Waals surface area contributed by atoms with Crippen molar-refractivity contribution in [3.8, 4) is 0 Å². The van der Waals surface area contributed by atoms with Crippen molar-refractivity contribution in [2.45, 2.75) is 64.0 Å². The molecule has 2 nitrogen and oxygen atoms in total. The molecular formula is C14H27NO. The molecule has 2 saturated carbocycles. The molecule has 0 aliphatic heterocycles. The Hall–Kier alpha value is -0.0800. The summed E-state index contributed by atoms with van der Waals surface area (Å²) >= 11 is 0. The normalized spacial score (nSPS) is 34.7. The zero-order chi connectivity index (χ0) is 11.5. The third-order valence-electron chi connectivity index (χ3n) is 4.68. The summed E-state index contributed by atoms with van der Waals surface area (Å²) < 4.78 is 5.63. The van der Waals surface area contributed by atoms with Crippen LogP contribution in [-0.2, 0) is 4.74 Å². The maximum Gasteiger partial charge on any atom is 0.0752 e. The van der Waals surface area contributed by atoms with Crippen molar-refractivity contribution in [1.82, 2.24) is 0 Å². The Bertz CT molecular complexity index is 215. The highest BCUT2D eigenvalue weighted by molar-refractivity contribution is 4.93. The van der Waals surface area contributed by atoms with E-state index in [1.807, 2.05) is 7.11 Å². The van der Waals surface area contributed by atoms with Crippen LogP contribution in [0.3, 0.4) is 0 Å². The molecule has 2 rings (SSSR count). The zero-order valence-electron chi connectivity index (χ0n) is 10.8. The van der Waals surface area contributed by atoms with Crippen LogP contribution in [0.5, 0.6) is 0 Å². The Kier molecular flexibility index (Phi) is 4.26. The van der Waals surface area contributed by atoms with Gasteiger partial charge >= 0.3 is 0 Å². The Balaban J connectivity index is 1.89. The van der Waals surface area contributed by atoms with Gasteiger partial charge in [0.15, 0.2) is 0 Å². The van der Waals surface area contributed by atoms with Crippen LogP contribution in [0.2, 0.25) is 0 Å². The van der Waals surface area contributed by atoms with Gasteiger partial charge in [-0.05, 0) is 43.4 Å². The Morgan fingerprint density at radius 3 is 2.50 bits per heavy atom. The minimum Gasteiger partial charge on any atom is -0.380 e. The summed E-state index contributed by atoms with van der Waals surface area (Å²) in [6.45, 7) is 2.31. The van der Waals surface area contributed by atoms with E-state index in [-0.39, 0.29) is 6.04 Å². The smallest absolute Gasteiger partial charge is 0.0752 e. The van der Waals surface area contributed by atoms with E-state index in [0.29, 0.717) is 12.0 Å². The highest BCUT2D eigenvalue weighted by Gasteiger charge is 2.39. The van der Waals surface area contributed by atoms with Crippen LogP contribution in [0.25, 0.3) is 0 Å². The first kappa shape index (κ1) is 12.4. The average molecular weight is 225 g/mol. The minimum absolute atomic E-state index is 0.284. The summed E-state index contributed by atoms with van der Waals surface area (Å²) in [6, 6.07) is 0.284. The molecule has 0 amide bonds. The molecule has 0 bridgehead atoms. The van der Waals surface area contributed by atoms with E-state index in [1.165, 1.54) is 44.9 Å². The van der Waals surface area contributed by atoms with Gasteiger partial charge in [0, 0.05) is 13.2 Å². The van der Waals surface area contributed by atoms with Gasteiger partial charge in [-0.2, -0.15) is 0 Å². The number of ether oxygens (including phenoxy) is 1. The van der Waals surface area contributed by atoms with Crippen molar-refractivity contribution < 1.29 is 4.74 Å². The van der Waals surface area contributed by atoms with Crippen LogP contribution in [0, 0.1) is 17.8 Å². The third-order valence-corrected chi connectivity index (χ3v) is 4.68. The second kappa shape index (κ2) is 5.50. The Labute approximate surface area is 99.9 Å². The lowest BCUT2D eigenvalue weighted by molar-refractivity contribution is 0.0330. The molecule has 0 heterocycles. The third kappa shape index (κ3) is 2.78. The zero-order valence-corrected chi connectivity index (χ0v) is 10.8. The number of hydrogen-bond donors (Lipinski definition) is 1. The summed E-state index contributed by atoms with van der Waals surface area (Å²) in [5.41, 5.74) is 6.44. The fourth-order valence-electron chi connectivity index (χ4n) is 3.41. The molecule has 0 saturated heterocycles. The highest BCUT2D eigenvalue weighted by atomic mass is 16.5. The molecule has 16 heavy (non-hydrogen) atoms. The first-order valence-electron chi connectivity index (χ1n) is 7.04.